The highest BCUT2D eigenvalue weighted by atomic mass is 35.5. The molecule has 2 aromatic rings. The van der Waals surface area contributed by atoms with Crippen LogP contribution in [0.1, 0.15) is 61.1 Å². The third-order valence-corrected chi connectivity index (χ3v) is 7.20. The molecule has 2 aromatic carbocycles. The molecule has 0 saturated heterocycles. The predicted molar refractivity (Wildman–Crippen MR) is 132 cm³/mol. The lowest BCUT2D eigenvalue weighted by Crippen LogP contribution is -2.34. The maximum Gasteiger partial charge on any atom is 0.313 e. The van der Waals surface area contributed by atoms with Gasteiger partial charge >= 0.3 is 11.9 Å². The molecule has 0 spiro atoms. The zero-order chi connectivity index (χ0) is 24.1. The first-order valence-corrected chi connectivity index (χ1v) is 12.4. The zero-order valence-electron chi connectivity index (χ0n) is 19.6. The number of carboxylic acids is 1. The van der Waals surface area contributed by atoms with E-state index in [1.54, 1.807) is 6.07 Å². The lowest BCUT2D eigenvalue weighted by atomic mass is 9.85. The number of benzene rings is 2. The van der Waals surface area contributed by atoms with Crippen LogP contribution in [0.15, 0.2) is 36.4 Å². The average Bonchev–Trinajstić information content (AvgIpc) is 2.82. The standard InChI is InChI=1S/C27H32ClNO5/c1-33-27(32)23(15-26(30)31)20-9-11-25-24(14-20)29(16-18-5-4-6-18)12-3-2-7-19-13-22(28)10-8-21(19)17-34-25/h8-11,13-14,18,23H,2-7,12,15-17H2,1H3,(H,30,31)/t23-/m0/s1. The number of hydrogen-bond donors (Lipinski definition) is 1. The second kappa shape index (κ2) is 11.1. The Morgan fingerprint density at radius 3 is 2.68 bits per heavy atom. The van der Waals surface area contributed by atoms with E-state index in [1.165, 1.54) is 31.9 Å². The number of esters is 1. The van der Waals surface area contributed by atoms with Gasteiger partial charge in [0.05, 0.1) is 25.1 Å². The monoisotopic (exact) mass is 485 g/mol. The van der Waals surface area contributed by atoms with E-state index in [1.807, 2.05) is 30.3 Å². The van der Waals surface area contributed by atoms with Crippen molar-refractivity contribution in [1.29, 1.82) is 0 Å². The van der Waals surface area contributed by atoms with Crippen molar-refractivity contribution in [1.82, 2.24) is 0 Å². The number of anilines is 1. The van der Waals surface area contributed by atoms with Crippen molar-refractivity contribution in [3.63, 3.8) is 0 Å². The normalized spacial score (nSPS) is 17.3. The third kappa shape index (κ3) is 5.84. The van der Waals surface area contributed by atoms with Crippen molar-refractivity contribution in [3.8, 4) is 5.75 Å². The molecule has 0 amide bonds. The van der Waals surface area contributed by atoms with Gasteiger partial charge in [0.2, 0.25) is 0 Å². The minimum atomic E-state index is -1.04. The summed E-state index contributed by atoms with van der Waals surface area (Å²) in [4.78, 5) is 26.2. The van der Waals surface area contributed by atoms with Crippen molar-refractivity contribution in [3.05, 3.63) is 58.1 Å². The van der Waals surface area contributed by atoms with Crippen molar-refractivity contribution in [2.75, 3.05) is 25.1 Å². The Bertz CT molecular complexity index is 1040. The fraction of sp³-hybridized carbons (Fsp3) is 0.481. The predicted octanol–water partition coefficient (Wildman–Crippen LogP) is 5.59. The summed E-state index contributed by atoms with van der Waals surface area (Å²) >= 11 is 6.25. The first kappa shape index (κ1) is 24.4. The minimum absolute atomic E-state index is 0.316. The molecule has 34 heavy (non-hydrogen) atoms. The van der Waals surface area contributed by atoms with Crippen LogP contribution in [0.5, 0.6) is 5.75 Å². The summed E-state index contributed by atoms with van der Waals surface area (Å²) in [7, 11) is 1.29. The number of halogens is 1. The second-order valence-corrected chi connectivity index (χ2v) is 9.74. The highest BCUT2D eigenvalue weighted by molar-refractivity contribution is 6.30. The molecule has 0 radical (unpaired) electrons. The first-order chi connectivity index (χ1) is 16.4. The van der Waals surface area contributed by atoms with Crippen LogP contribution < -0.4 is 9.64 Å². The number of carboxylic acid groups (broad SMARTS) is 1. The molecule has 1 atom stereocenters. The topological polar surface area (TPSA) is 76.1 Å². The molecule has 7 heteroatoms. The van der Waals surface area contributed by atoms with E-state index in [0.29, 0.717) is 18.1 Å². The fourth-order valence-corrected chi connectivity index (χ4v) is 5.01. The molecule has 1 fully saturated rings. The third-order valence-electron chi connectivity index (χ3n) is 6.97. The fourth-order valence-electron chi connectivity index (χ4n) is 4.81. The number of hydrogen-bond acceptors (Lipinski definition) is 5. The van der Waals surface area contributed by atoms with Gasteiger partial charge in [-0.15, -0.1) is 0 Å². The summed E-state index contributed by atoms with van der Waals surface area (Å²) in [6.07, 6.45) is 6.39. The SMILES string of the molecule is COC(=O)[C@@H](CC(=O)O)c1ccc2c(c1)N(CC1CCC1)CCCCc1cc(Cl)ccc1CO2. The minimum Gasteiger partial charge on any atom is -0.487 e. The average molecular weight is 486 g/mol. The molecule has 182 valence electrons. The van der Waals surface area contributed by atoms with Gasteiger partial charge in [-0.2, -0.15) is 0 Å². The Kier molecular flexibility index (Phi) is 7.99. The Labute approximate surface area is 205 Å². The van der Waals surface area contributed by atoms with E-state index in [9.17, 15) is 14.7 Å². The Morgan fingerprint density at radius 1 is 1.15 bits per heavy atom. The van der Waals surface area contributed by atoms with E-state index in [2.05, 4.69) is 4.90 Å². The quantitative estimate of drug-likeness (QED) is 0.537. The number of carbonyl (C=O) groups is 2. The van der Waals surface area contributed by atoms with Gasteiger partial charge in [0.15, 0.2) is 0 Å². The van der Waals surface area contributed by atoms with Gasteiger partial charge in [0.1, 0.15) is 12.4 Å². The summed E-state index contributed by atoms with van der Waals surface area (Å²) < 4.78 is 11.3. The maximum absolute atomic E-state index is 12.4. The Hall–Kier alpha value is -2.73. The smallest absolute Gasteiger partial charge is 0.313 e. The zero-order valence-corrected chi connectivity index (χ0v) is 20.4. The van der Waals surface area contributed by atoms with Crippen molar-refractivity contribution >= 4 is 29.2 Å². The van der Waals surface area contributed by atoms with Crippen molar-refractivity contribution < 1.29 is 24.2 Å². The summed E-state index contributed by atoms with van der Waals surface area (Å²) in [5.74, 6) is -1.06. The lowest BCUT2D eigenvalue weighted by Gasteiger charge is -2.35. The maximum atomic E-state index is 12.4. The molecule has 2 aliphatic rings. The number of methoxy groups -OCH3 is 1. The number of aliphatic carboxylic acids is 1. The van der Waals surface area contributed by atoms with Crippen LogP contribution in [0.25, 0.3) is 0 Å². The summed E-state index contributed by atoms with van der Waals surface area (Å²) in [5.41, 5.74) is 3.88. The second-order valence-electron chi connectivity index (χ2n) is 9.30. The molecule has 1 heterocycles. The molecule has 1 saturated carbocycles. The first-order valence-electron chi connectivity index (χ1n) is 12.0. The van der Waals surface area contributed by atoms with Gasteiger partial charge in [-0.05, 0) is 79.0 Å². The van der Waals surface area contributed by atoms with Crippen LogP contribution in [-0.2, 0) is 27.4 Å². The highest BCUT2D eigenvalue weighted by Gasteiger charge is 2.28. The highest BCUT2D eigenvalue weighted by Crippen LogP contribution is 2.37. The molecule has 1 aliphatic carbocycles. The summed E-state index contributed by atoms with van der Waals surface area (Å²) in [6.45, 7) is 2.22. The number of rotatable bonds is 6. The van der Waals surface area contributed by atoms with Gasteiger partial charge in [-0.1, -0.05) is 30.2 Å². The largest absolute Gasteiger partial charge is 0.487 e. The number of ether oxygens (including phenoxy) is 2. The molecular weight excluding hydrogens is 454 g/mol. The number of fused-ring (bicyclic) bond motifs is 2. The van der Waals surface area contributed by atoms with Crippen LogP contribution in [0.2, 0.25) is 5.02 Å². The van der Waals surface area contributed by atoms with E-state index < -0.39 is 17.9 Å². The summed E-state index contributed by atoms with van der Waals surface area (Å²) in [6, 6.07) is 11.5. The van der Waals surface area contributed by atoms with Crippen LogP contribution in [-0.4, -0.2) is 37.2 Å². The number of carbonyl (C=O) groups excluding carboxylic acids is 1. The molecule has 0 aromatic heterocycles. The molecule has 1 aliphatic heterocycles. The molecular formula is C27H32ClNO5. The summed E-state index contributed by atoms with van der Waals surface area (Å²) in [5, 5.41) is 10.1. The van der Waals surface area contributed by atoms with E-state index in [0.717, 1.165) is 54.4 Å². The van der Waals surface area contributed by atoms with E-state index in [-0.39, 0.29) is 6.42 Å². The van der Waals surface area contributed by atoms with Gasteiger partial charge in [-0.3, -0.25) is 9.59 Å². The van der Waals surface area contributed by atoms with Crippen LogP contribution >= 0.6 is 11.6 Å². The van der Waals surface area contributed by atoms with Crippen molar-refractivity contribution in [2.24, 2.45) is 5.92 Å². The van der Waals surface area contributed by atoms with Gasteiger partial charge in [-0.25, -0.2) is 0 Å². The van der Waals surface area contributed by atoms with Gasteiger partial charge in [0, 0.05) is 18.1 Å². The van der Waals surface area contributed by atoms with Gasteiger partial charge < -0.3 is 19.5 Å². The molecule has 6 nitrogen and oxygen atoms in total. The molecule has 0 unspecified atom stereocenters. The number of aryl methyl sites for hydroxylation is 1. The molecule has 4 rings (SSSR count). The van der Waals surface area contributed by atoms with E-state index in [4.69, 9.17) is 21.1 Å². The number of nitrogens with zero attached hydrogens (tertiary/aromatic N) is 1. The Balaban J connectivity index is 1.71. The van der Waals surface area contributed by atoms with Crippen LogP contribution in [0.3, 0.4) is 0 Å². The van der Waals surface area contributed by atoms with Crippen molar-refractivity contribution in [2.45, 2.75) is 57.5 Å². The molecule has 0 bridgehead atoms. The lowest BCUT2D eigenvalue weighted by molar-refractivity contribution is -0.147. The molecule has 1 N–H and O–H groups in total. The Morgan fingerprint density at radius 2 is 1.97 bits per heavy atom. The van der Waals surface area contributed by atoms with Gasteiger partial charge in [0.25, 0.3) is 0 Å². The van der Waals surface area contributed by atoms with Crippen LogP contribution in [0, 0.1) is 5.92 Å². The van der Waals surface area contributed by atoms with Crippen LogP contribution in [0.4, 0.5) is 5.69 Å². The van der Waals surface area contributed by atoms with E-state index >= 15 is 0 Å².